The van der Waals surface area contributed by atoms with E-state index >= 15 is 0 Å². The highest BCUT2D eigenvalue weighted by atomic mass is 35.5. The molecule has 2 N–H and O–H groups in total. The molecule has 23 heavy (non-hydrogen) atoms. The summed E-state index contributed by atoms with van der Waals surface area (Å²) in [6, 6.07) is 14.6. The first-order valence-corrected chi connectivity index (χ1v) is 7.59. The number of halogens is 1. The second-order valence-electron chi connectivity index (χ2n) is 5.00. The largest absolute Gasteiger partial charge is 0.497 e. The normalized spacial score (nSPS) is 12.0. The van der Waals surface area contributed by atoms with Crippen molar-refractivity contribution in [1.82, 2.24) is 10.6 Å². The van der Waals surface area contributed by atoms with Crippen molar-refractivity contribution in [2.45, 2.75) is 13.0 Å². The SMILES string of the molecule is COc1ccc(C(C)NC(=O)N/C=C/c2cccc(Cl)c2)cc1. The molecule has 0 saturated heterocycles. The standard InChI is InChI=1S/C18H19ClN2O2/c1-13(15-6-8-17(23-2)9-7-15)21-18(22)20-11-10-14-4-3-5-16(19)12-14/h3-13H,1-2H3,(H2,20,21,22)/b11-10+. The highest BCUT2D eigenvalue weighted by Crippen LogP contribution is 2.17. The molecule has 0 bridgehead atoms. The summed E-state index contributed by atoms with van der Waals surface area (Å²) in [5.41, 5.74) is 1.92. The van der Waals surface area contributed by atoms with Gasteiger partial charge in [0.1, 0.15) is 5.75 Å². The third kappa shape index (κ3) is 5.34. The first kappa shape index (κ1) is 16.9. The lowest BCUT2D eigenvalue weighted by Crippen LogP contribution is -2.34. The number of amides is 2. The average molecular weight is 331 g/mol. The molecule has 120 valence electrons. The Morgan fingerprint density at radius 1 is 1.22 bits per heavy atom. The van der Waals surface area contributed by atoms with Gasteiger partial charge in [0, 0.05) is 11.2 Å². The van der Waals surface area contributed by atoms with Crippen molar-refractivity contribution in [2.75, 3.05) is 7.11 Å². The molecule has 0 aliphatic heterocycles. The van der Waals surface area contributed by atoms with E-state index in [1.165, 1.54) is 0 Å². The Morgan fingerprint density at radius 2 is 1.96 bits per heavy atom. The monoisotopic (exact) mass is 330 g/mol. The minimum Gasteiger partial charge on any atom is -0.497 e. The van der Waals surface area contributed by atoms with Gasteiger partial charge in [-0.05, 0) is 48.4 Å². The topological polar surface area (TPSA) is 50.4 Å². The fourth-order valence-electron chi connectivity index (χ4n) is 2.04. The second-order valence-corrected chi connectivity index (χ2v) is 5.44. The van der Waals surface area contributed by atoms with Crippen LogP contribution in [-0.2, 0) is 0 Å². The van der Waals surface area contributed by atoms with E-state index in [4.69, 9.17) is 16.3 Å². The first-order valence-electron chi connectivity index (χ1n) is 7.21. The minimum atomic E-state index is -0.272. The highest BCUT2D eigenvalue weighted by Gasteiger charge is 2.08. The average Bonchev–Trinajstić information content (AvgIpc) is 2.55. The number of methoxy groups -OCH3 is 1. The summed E-state index contributed by atoms with van der Waals surface area (Å²) in [7, 11) is 1.62. The van der Waals surface area contributed by atoms with E-state index in [1.54, 1.807) is 25.5 Å². The number of carbonyl (C=O) groups excluding carboxylic acids is 1. The van der Waals surface area contributed by atoms with Crippen LogP contribution in [0.2, 0.25) is 5.02 Å². The number of urea groups is 1. The van der Waals surface area contributed by atoms with Crippen LogP contribution < -0.4 is 15.4 Å². The van der Waals surface area contributed by atoms with Gasteiger partial charge in [-0.2, -0.15) is 0 Å². The van der Waals surface area contributed by atoms with Crippen molar-refractivity contribution in [1.29, 1.82) is 0 Å². The fraction of sp³-hybridized carbons (Fsp3) is 0.167. The molecule has 0 aromatic heterocycles. The van der Waals surface area contributed by atoms with Gasteiger partial charge in [0.2, 0.25) is 0 Å². The molecule has 5 heteroatoms. The van der Waals surface area contributed by atoms with E-state index in [9.17, 15) is 4.79 Å². The van der Waals surface area contributed by atoms with Gasteiger partial charge in [0.05, 0.1) is 13.2 Å². The summed E-state index contributed by atoms with van der Waals surface area (Å²) in [4.78, 5) is 11.9. The van der Waals surface area contributed by atoms with E-state index in [0.717, 1.165) is 16.9 Å². The van der Waals surface area contributed by atoms with Crippen molar-refractivity contribution in [3.63, 3.8) is 0 Å². The molecular weight excluding hydrogens is 312 g/mol. The molecule has 2 rings (SSSR count). The number of rotatable bonds is 5. The van der Waals surface area contributed by atoms with Crippen LogP contribution in [0.4, 0.5) is 4.79 Å². The van der Waals surface area contributed by atoms with E-state index in [0.29, 0.717) is 5.02 Å². The van der Waals surface area contributed by atoms with Crippen molar-refractivity contribution in [3.8, 4) is 5.75 Å². The third-order valence-electron chi connectivity index (χ3n) is 3.30. The maximum absolute atomic E-state index is 11.9. The number of benzene rings is 2. The molecule has 2 amide bonds. The summed E-state index contributed by atoms with van der Waals surface area (Å²) >= 11 is 5.90. The van der Waals surface area contributed by atoms with Crippen LogP contribution >= 0.6 is 11.6 Å². The number of nitrogens with one attached hydrogen (secondary N) is 2. The van der Waals surface area contributed by atoms with Crippen molar-refractivity contribution < 1.29 is 9.53 Å². The van der Waals surface area contributed by atoms with Crippen molar-refractivity contribution >= 4 is 23.7 Å². The quantitative estimate of drug-likeness (QED) is 0.854. The van der Waals surface area contributed by atoms with Crippen LogP contribution in [0.5, 0.6) is 5.75 Å². The molecule has 0 saturated carbocycles. The van der Waals surface area contributed by atoms with E-state index in [1.807, 2.05) is 49.4 Å². The van der Waals surface area contributed by atoms with Gasteiger partial charge in [0.15, 0.2) is 0 Å². The van der Waals surface area contributed by atoms with Crippen LogP contribution in [0.3, 0.4) is 0 Å². The summed E-state index contributed by atoms with van der Waals surface area (Å²) in [5.74, 6) is 0.787. The molecule has 2 aromatic carbocycles. The summed E-state index contributed by atoms with van der Waals surface area (Å²) in [6.45, 7) is 1.92. The Bertz CT molecular complexity index is 684. The van der Waals surface area contributed by atoms with Crippen LogP contribution in [0.25, 0.3) is 6.08 Å². The lowest BCUT2D eigenvalue weighted by molar-refractivity contribution is 0.241. The second kappa shape index (κ2) is 8.25. The molecule has 1 atom stereocenters. The minimum absolute atomic E-state index is 0.111. The predicted molar refractivity (Wildman–Crippen MR) is 93.6 cm³/mol. The molecular formula is C18H19ClN2O2. The van der Waals surface area contributed by atoms with E-state index in [-0.39, 0.29) is 12.1 Å². The van der Waals surface area contributed by atoms with Crippen LogP contribution in [0.1, 0.15) is 24.1 Å². The molecule has 2 aromatic rings. The number of ether oxygens (including phenoxy) is 1. The zero-order valence-electron chi connectivity index (χ0n) is 13.0. The summed E-state index contributed by atoms with van der Waals surface area (Å²) in [6.07, 6.45) is 3.37. The van der Waals surface area contributed by atoms with E-state index < -0.39 is 0 Å². The van der Waals surface area contributed by atoms with Gasteiger partial charge in [-0.3, -0.25) is 0 Å². The smallest absolute Gasteiger partial charge is 0.319 e. The third-order valence-corrected chi connectivity index (χ3v) is 3.54. The summed E-state index contributed by atoms with van der Waals surface area (Å²) < 4.78 is 5.12. The summed E-state index contributed by atoms with van der Waals surface area (Å²) in [5, 5.41) is 6.20. The maximum atomic E-state index is 11.9. The number of hydrogen-bond donors (Lipinski definition) is 2. The van der Waals surface area contributed by atoms with Gasteiger partial charge in [-0.1, -0.05) is 35.9 Å². The lowest BCUT2D eigenvalue weighted by atomic mass is 10.1. The maximum Gasteiger partial charge on any atom is 0.319 e. The van der Waals surface area contributed by atoms with Crippen molar-refractivity contribution in [3.05, 3.63) is 70.9 Å². The highest BCUT2D eigenvalue weighted by molar-refractivity contribution is 6.30. The lowest BCUT2D eigenvalue weighted by Gasteiger charge is -2.14. The molecule has 4 nitrogen and oxygen atoms in total. The van der Waals surface area contributed by atoms with Gasteiger partial charge in [-0.15, -0.1) is 0 Å². The van der Waals surface area contributed by atoms with E-state index in [2.05, 4.69) is 10.6 Å². The Balaban J connectivity index is 1.86. The zero-order valence-corrected chi connectivity index (χ0v) is 13.8. The molecule has 0 heterocycles. The first-order chi connectivity index (χ1) is 11.1. The van der Waals surface area contributed by atoms with Crippen molar-refractivity contribution in [2.24, 2.45) is 0 Å². The molecule has 0 aliphatic carbocycles. The predicted octanol–water partition coefficient (Wildman–Crippen LogP) is 4.38. The molecule has 0 aliphatic rings. The fourth-order valence-corrected chi connectivity index (χ4v) is 2.24. The number of hydrogen-bond acceptors (Lipinski definition) is 2. The Morgan fingerprint density at radius 3 is 2.61 bits per heavy atom. The molecule has 0 fully saturated rings. The number of carbonyl (C=O) groups is 1. The van der Waals surface area contributed by atoms with Gasteiger partial charge >= 0.3 is 6.03 Å². The Labute approximate surface area is 141 Å². The Hall–Kier alpha value is -2.46. The Kier molecular flexibility index (Phi) is 6.06. The van der Waals surface area contributed by atoms with Crippen LogP contribution in [0.15, 0.2) is 54.7 Å². The van der Waals surface area contributed by atoms with Crippen LogP contribution in [-0.4, -0.2) is 13.1 Å². The molecule has 0 spiro atoms. The van der Waals surface area contributed by atoms with Crippen LogP contribution in [0, 0.1) is 0 Å². The van der Waals surface area contributed by atoms with Gasteiger partial charge < -0.3 is 15.4 Å². The molecule has 1 unspecified atom stereocenters. The van der Waals surface area contributed by atoms with Gasteiger partial charge in [0.25, 0.3) is 0 Å². The zero-order chi connectivity index (χ0) is 16.7. The van der Waals surface area contributed by atoms with Gasteiger partial charge in [-0.25, -0.2) is 4.79 Å². The molecule has 0 radical (unpaired) electrons.